The molecule has 21 heavy (non-hydrogen) atoms. The summed E-state index contributed by atoms with van der Waals surface area (Å²) in [6, 6.07) is 0. The van der Waals surface area contributed by atoms with Crippen LogP contribution in [0.1, 0.15) is 26.0 Å². The summed E-state index contributed by atoms with van der Waals surface area (Å²) in [6.07, 6.45) is 4.29. The molecular weight excluding hydrogens is 270 g/mol. The van der Waals surface area contributed by atoms with Crippen molar-refractivity contribution in [2.45, 2.75) is 26.8 Å². The number of hydrogen-bond donors (Lipinski definition) is 1. The van der Waals surface area contributed by atoms with Crippen molar-refractivity contribution >= 4 is 0 Å². The minimum atomic E-state index is 0.479. The molecule has 0 aliphatic carbocycles. The first-order valence-corrected chi connectivity index (χ1v) is 7.43. The molecule has 0 atom stereocenters. The highest BCUT2D eigenvalue weighted by Gasteiger charge is 2.00. The third-order valence-corrected chi connectivity index (χ3v) is 2.66. The molecule has 0 aliphatic heterocycles. The fourth-order valence-corrected chi connectivity index (χ4v) is 1.61. The highest BCUT2D eigenvalue weighted by molar-refractivity contribution is 5.07. The lowest BCUT2D eigenvalue weighted by atomic mass is 10.2. The van der Waals surface area contributed by atoms with E-state index in [4.69, 9.17) is 14.2 Å². The summed E-state index contributed by atoms with van der Waals surface area (Å²) in [4.78, 5) is 8.53. The van der Waals surface area contributed by atoms with E-state index in [0.717, 1.165) is 31.8 Å². The van der Waals surface area contributed by atoms with Crippen LogP contribution >= 0.6 is 0 Å². The summed E-state index contributed by atoms with van der Waals surface area (Å²) >= 11 is 0. The minimum Gasteiger partial charge on any atom is -0.474 e. The normalized spacial score (nSPS) is 11.0. The van der Waals surface area contributed by atoms with Crippen molar-refractivity contribution in [2.24, 2.45) is 5.92 Å². The van der Waals surface area contributed by atoms with Crippen LogP contribution in [0.3, 0.4) is 0 Å². The predicted molar refractivity (Wildman–Crippen MR) is 81.4 cm³/mol. The number of rotatable bonds is 12. The molecule has 0 aliphatic rings. The molecule has 0 saturated carbocycles. The van der Waals surface area contributed by atoms with Gasteiger partial charge in [0.1, 0.15) is 6.61 Å². The van der Waals surface area contributed by atoms with Gasteiger partial charge >= 0.3 is 0 Å². The average molecular weight is 297 g/mol. The number of hydrogen-bond acceptors (Lipinski definition) is 6. The number of ether oxygens (including phenoxy) is 3. The zero-order chi connectivity index (χ0) is 15.3. The first-order chi connectivity index (χ1) is 10.2. The topological polar surface area (TPSA) is 65.5 Å². The molecule has 1 heterocycles. The Morgan fingerprint density at radius 2 is 1.95 bits per heavy atom. The van der Waals surface area contributed by atoms with Gasteiger partial charge in [-0.05, 0) is 18.9 Å². The quantitative estimate of drug-likeness (QED) is 0.592. The van der Waals surface area contributed by atoms with Gasteiger partial charge in [-0.2, -0.15) is 0 Å². The van der Waals surface area contributed by atoms with E-state index in [1.165, 1.54) is 0 Å². The number of methoxy groups -OCH3 is 1. The van der Waals surface area contributed by atoms with Crippen LogP contribution in [0.5, 0.6) is 5.88 Å². The second-order valence-corrected chi connectivity index (χ2v) is 5.18. The van der Waals surface area contributed by atoms with Crippen LogP contribution < -0.4 is 10.1 Å². The Morgan fingerprint density at radius 3 is 2.62 bits per heavy atom. The lowest BCUT2D eigenvalue weighted by Gasteiger charge is -2.08. The van der Waals surface area contributed by atoms with Gasteiger partial charge < -0.3 is 19.5 Å². The van der Waals surface area contributed by atoms with E-state index >= 15 is 0 Å². The van der Waals surface area contributed by atoms with Gasteiger partial charge in [0.2, 0.25) is 5.88 Å². The summed E-state index contributed by atoms with van der Waals surface area (Å²) in [5.41, 5.74) is 0.916. The first kappa shape index (κ1) is 17.8. The van der Waals surface area contributed by atoms with Gasteiger partial charge in [-0.25, -0.2) is 4.98 Å². The van der Waals surface area contributed by atoms with Crippen LogP contribution in [-0.4, -0.2) is 50.1 Å². The van der Waals surface area contributed by atoms with Crippen molar-refractivity contribution in [1.29, 1.82) is 0 Å². The Hall–Kier alpha value is -1.24. The Morgan fingerprint density at radius 1 is 1.10 bits per heavy atom. The highest BCUT2D eigenvalue weighted by Crippen LogP contribution is 2.04. The Kier molecular flexibility index (Phi) is 9.69. The summed E-state index contributed by atoms with van der Waals surface area (Å²) in [5.74, 6) is 1.16. The van der Waals surface area contributed by atoms with E-state index in [2.05, 4.69) is 29.1 Å². The summed E-state index contributed by atoms with van der Waals surface area (Å²) < 4.78 is 15.8. The largest absolute Gasteiger partial charge is 0.474 e. The van der Waals surface area contributed by atoms with Gasteiger partial charge in [-0.15, -0.1) is 0 Å². The molecule has 0 bridgehead atoms. The molecule has 0 aromatic carbocycles. The van der Waals surface area contributed by atoms with E-state index < -0.39 is 0 Å². The van der Waals surface area contributed by atoms with Crippen LogP contribution in [0.2, 0.25) is 0 Å². The van der Waals surface area contributed by atoms with Gasteiger partial charge in [-0.1, -0.05) is 13.8 Å². The molecular formula is C15H27N3O3. The van der Waals surface area contributed by atoms with Crippen molar-refractivity contribution in [3.05, 3.63) is 18.1 Å². The maximum atomic E-state index is 5.46. The molecule has 0 saturated heterocycles. The molecule has 6 heteroatoms. The third kappa shape index (κ3) is 9.33. The molecule has 0 fully saturated rings. The van der Waals surface area contributed by atoms with Crippen LogP contribution in [-0.2, 0) is 16.0 Å². The molecule has 0 amide bonds. The zero-order valence-corrected chi connectivity index (χ0v) is 13.3. The van der Waals surface area contributed by atoms with Gasteiger partial charge in [0, 0.05) is 26.9 Å². The molecule has 1 N–H and O–H groups in total. The van der Waals surface area contributed by atoms with Crippen molar-refractivity contribution in [1.82, 2.24) is 15.3 Å². The number of aromatic nitrogens is 2. The lowest BCUT2D eigenvalue weighted by molar-refractivity contribution is 0.0794. The molecule has 0 spiro atoms. The Bertz CT molecular complexity index is 358. The Labute approximate surface area is 127 Å². The van der Waals surface area contributed by atoms with E-state index in [1.807, 2.05) is 0 Å². The fraction of sp³-hybridized carbons (Fsp3) is 0.733. The van der Waals surface area contributed by atoms with E-state index in [0.29, 0.717) is 31.6 Å². The monoisotopic (exact) mass is 297 g/mol. The molecule has 6 nitrogen and oxygen atoms in total. The molecule has 1 aromatic heterocycles. The molecule has 1 rings (SSSR count). The van der Waals surface area contributed by atoms with Gasteiger partial charge in [-0.3, -0.25) is 4.98 Å². The van der Waals surface area contributed by atoms with Crippen LogP contribution in [0.25, 0.3) is 0 Å². The summed E-state index contributed by atoms with van der Waals surface area (Å²) in [5, 5.41) is 3.32. The van der Waals surface area contributed by atoms with Crippen LogP contribution in [0.15, 0.2) is 12.4 Å². The standard InChI is InChI=1S/C15H27N3O3/c1-13(2)9-16-10-14-11-18-15(12-17-14)21-8-7-20-6-4-5-19-3/h11-13,16H,4-10H2,1-3H3. The molecule has 0 radical (unpaired) electrons. The molecule has 120 valence electrons. The predicted octanol–water partition coefficient (Wildman–Crippen LogP) is 1.65. The fourth-order valence-electron chi connectivity index (χ4n) is 1.61. The van der Waals surface area contributed by atoms with Crippen molar-refractivity contribution < 1.29 is 14.2 Å². The zero-order valence-electron chi connectivity index (χ0n) is 13.3. The number of nitrogens with zero attached hydrogens (tertiary/aromatic N) is 2. The van der Waals surface area contributed by atoms with Gasteiger partial charge in [0.25, 0.3) is 0 Å². The third-order valence-electron chi connectivity index (χ3n) is 2.66. The average Bonchev–Trinajstić information content (AvgIpc) is 2.47. The van der Waals surface area contributed by atoms with Crippen molar-refractivity contribution in [3.8, 4) is 5.88 Å². The SMILES string of the molecule is COCCCOCCOc1cnc(CNCC(C)C)cn1. The maximum Gasteiger partial charge on any atom is 0.232 e. The van der Waals surface area contributed by atoms with Crippen LogP contribution in [0, 0.1) is 5.92 Å². The maximum absolute atomic E-state index is 5.46. The van der Waals surface area contributed by atoms with Crippen molar-refractivity contribution in [2.75, 3.05) is 40.1 Å². The van der Waals surface area contributed by atoms with Gasteiger partial charge in [0.05, 0.1) is 24.7 Å². The summed E-state index contributed by atoms with van der Waals surface area (Å²) in [6.45, 7) is 8.48. The first-order valence-electron chi connectivity index (χ1n) is 7.43. The van der Waals surface area contributed by atoms with E-state index in [9.17, 15) is 0 Å². The second kappa shape index (κ2) is 11.4. The molecule has 1 aromatic rings. The molecule has 0 unspecified atom stereocenters. The van der Waals surface area contributed by atoms with E-state index in [1.54, 1.807) is 19.5 Å². The number of nitrogens with one attached hydrogen (secondary N) is 1. The van der Waals surface area contributed by atoms with Gasteiger partial charge in [0.15, 0.2) is 0 Å². The minimum absolute atomic E-state index is 0.479. The lowest BCUT2D eigenvalue weighted by Crippen LogP contribution is -2.19. The second-order valence-electron chi connectivity index (χ2n) is 5.18. The smallest absolute Gasteiger partial charge is 0.232 e. The van der Waals surface area contributed by atoms with Crippen LogP contribution in [0.4, 0.5) is 0 Å². The van der Waals surface area contributed by atoms with Crippen molar-refractivity contribution in [3.63, 3.8) is 0 Å². The summed E-state index contributed by atoms with van der Waals surface area (Å²) in [7, 11) is 1.68. The highest BCUT2D eigenvalue weighted by atomic mass is 16.5. The Balaban J connectivity index is 2.10. The van der Waals surface area contributed by atoms with E-state index in [-0.39, 0.29) is 0 Å².